The van der Waals surface area contributed by atoms with Gasteiger partial charge in [-0.15, -0.1) is 10.2 Å². The maximum atomic E-state index is 12.6. The Labute approximate surface area is 192 Å². The summed E-state index contributed by atoms with van der Waals surface area (Å²) in [7, 11) is 1.61. The number of nitriles is 1. The van der Waals surface area contributed by atoms with Gasteiger partial charge in [-0.3, -0.25) is 9.36 Å². The van der Waals surface area contributed by atoms with Crippen molar-refractivity contribution in [2.75, 3.05) is 12.9 Å². The van der Waals surface area contributed by atoms with Gasteiger partial charge in [0.15, 0.2) is 5.16 Å². The van der Waals surface area contributed by atoms with Crippen LogP contribution in [0.2, 0.25) is 0 Å². The second-order valence-corrected chi connectivity index (χ2v) is 9.30. The number of nitrogens with zero attached hydrogens (tertiary/aromatic N) is 4. The number of carbonyl (C=O) groups is 1. The lowest BCUT2D eigenvalue weighted by molar-refractivity contribution is -0.118. The maximum absolute atomic E-state index is 12.6. The first-order chi connectivity index (χ1) is 15.2. The van der Waals surface area contributed by atoms with Crippen molar-refractivity contribution < 1.29 is 9.53 Å². The fraction of sp³-hybridized carbons (Fsp3) is 0.333. The molecule has 0 aliphatic rings. The van der Waals surface area contributed by atoms with E-state index in [1.54, 1.807) is 7.11 Å². The summed E-state index contributed by atoms with van der Waals surface area (Å²) in [6.45, 7) is 8.25. The van der Waals surface area contributed by atoms with Crippen LogP contribution in [0.5, 0.6) is 5.75 Å². The molecule has 0 spiro atoms. The zero-order valence-corrected chi connectivity index (χ0v) is 19.7. The SMILES string of the molecule is COc1cccc(-n2c(C)nnc2SCC(=O)NC(C#N)c2ccc(C(C)(C)C)cc2)c1. The monoisotopic (exact) mass is 449 g/mol. The van der Waals surface area contributed by atoms with E-state index in [4.69, 9.17) is 4.74 Å². The molecule has 0 aliphatic heterocycles. The molecule has 1 unspecified atom stereocenters. The number of hydrogen-bond donors (Lipinski definition) is 1. The maximum Gasteiger partial charge on any atom is 0.231 e. The molecule has 1 atom stereocenters. The van der Waals surface area contributed by atoms with Gasteiger partial charge in [0.25, 0.3) is 0 Å². The first kappa shape index (κ1) is 23.4. The van der Waals surface area contributed by atoms with Crippen LogP contribution < -0.4 is 10.1 Å². The standard InChI is InChI=1S/C24H27N5O2S/c1-16-27-28-23(29(16)19-7-6-8-20(13-19)31-5)32-15-22(30)26-21(14-25)17-9-11-18(12-10-17)24(2,3)4/h6-13,21H,15H2,1-5H3,(H,26,30). The Hall–Kier alpha value is -3.31. The Morgan fingerprint density at radius 3 is 2.56 bits per heavy atom. The van der Waals surface area contributed by atoms with Gasteiger partial charge in [-0.05, 0) is 35.6 Å². The van der Waals surface area contributed by atoms with Gasteiger partial charge in [0, 0.05) is 6.07 Å². The molecule has 1 aromatic heterocycles. The van der Waals surface area contributed by atoms with Crippen LogP contribution in [0.3, 0.4) is 0 Å². The number of carbonyl (C=O) groups excluding carboxylic acids is 1. The highest BCUT2D eigenvalue weighted by Crippen LogP contribution is 2.26. The average molecular weight is 450 g/mol. The second-order valence-electron chi connectivity index (χ2n) is 8.36. The minimum atomic E-state index is -0.713. The van der Waals surface area contributed by atoms with E-state index in [1.807, 2.05) is 60.0 Å². The highest BCUT2D eigenvalue weighted by molar-refractivity contribution is 7.99. The number of amides is 1. The zero-order chi connectivity index (χ0) is 23.3. The number of ether oxygens (including phenoxy) is 1. The van der Waals surface area contributed by atoms with Gasteiger partial charge in [0.2, 0.25) is 5.91 Å². The molecule has 2 aromatic carbocycles. The van der Waals surface area contributed by atoms with E-state index in [-0.39, 0.29) is 17.1 Å². The van der Waals surface area contributed by atoms with Crippen molar-refractivity contribution in [2.45, 2.75) is 44.3 Å². The number of hydrogen-bond acceptors (Lipinski definition) is 6. The number of aryl methyl sites for hydroxylation is 1. The molecule has 3 aromatic rings. The summed E-state index contributed by atoms with van der Waals surface area (Å²) in [4.78, 5) is 12.6. The quantitative estimate of drug-likeness (QED) is 0.539. The predicted molar refractivity (Wildman–Crippen MR) is 125 cm³/mol. The Morgan fingerprint density at radius 2 is 1.94 bits per heavy atom. The van der Waals surface area contributed by atoms with Gasteiger partial charge in [0.05, 0.1) is 24.6 Å². The lowest BCUT2D eigenvalue weighted by atomic mass is 9.86. The largest absolute Gasteiger partial charge is 0.497 e. The number of aromatic nitrogens is 3. The van der Waals surface area contributed by atoms with Crippen LogP contribution in [-0.2, 0) is 10.2 Å². The number of thioether (sulfide) groups is 1. The summed E-state index contributed by atoms with van der Waals surface area (Å²) in [5, 5.41) is 21.3. The normalized spacial score (nSPS) is 12.1. The summed E-state index contributed by atoms with van der Waals surface area (Å²) in [5.74, 6) is 1.29. The zero-order valence-electron chi connectivity index (χ0n) is 18.9. The Kier molecular flexibility index (Phi) is 7.21. The molecule has 0 radical (unpaired) electrons. The molecule has 1 heterocycles. The highest BCUT2D eigenvalue weighted by Gasteiger charge is 2.19. The average Bonchev–Trinajstić information content (AvgIpc) is 3.15. The first-order valence-electron chi connectivity index (χ1n) is 10.2. The van der Waals surface area contributed by atoms with Crippen molar-refractivity contribution in [2.24, 2.45) is 0 Å². The lowest BCUT2D eigenvalue weighted by Gasteiger charge is -2.20. The third kappa shape index (κ3) is 5.48. The molecular weight excluding hydrogens is 422 g/mol. The van der Waals surface area contributed by atoms with E-state index in [0.717, 1.165) is 17.0 Å². The van der Waals surface area contributed by atoms with Crippen LogP contribution in [0.15, 0.2) is 53.7 Å². The third-order valence-corrected chi connectivity index (χ3v) is 5.91. The van der Waals surface area contributed by atoms with Crippen LogP contribution in [-0.4, -0.2) is 33.5 Å². The minimum absolute atomic E-state index is 0.0252. The molecule has 0 bridgehead atoms. The van der Waals surface area contributed by atoms with Crippen LogP contribution in [0, 0.1) is 18.3 Å². The van der Waals surface area contributed by atoms with Crippen molar-refractivity contribution >= 4 is 17.7 Å². The van der Waals surface area contributed by atoms with Crippen LogP contribution in [0.4, 0.5) is 0 Å². The Balaban J connectivity index is 1.68. The fourth-order valence-electron chi connectivity index (χ4n) is 3.18. The van der Waals surface area contributed by atoms with Crippen molar-refractivity contribution in [3.8, 4) is 17.5 Å². The van der Waals surface area contributed by atoms with E-state index in [9.17, 15) is 10.1 Å². The van der Waals surface area contributed by atoms with Crippen LogP contribution >= 0.6 is 11.8 Å². The van der Waals surface area contributed by atoms with E-state index in [2.05, 4.69) is 42.4 Å². The van der Waals surface area contributed by atoms with Gasteiger partial charge < -0.3 is 10.1 Å². The number of benzene rings is 2. The van der Waals surface area contributed by atoms with Gasteiger partial charge in [-0.25, -0.2) is 0 Å². The molecule has 0 fully saturated rings. The predicted octanol–water partition coefficient (Wildman–Crippen LogP) is 4.36. The summed E-state index contributed by atoms with van der Waals surface area (Å²) < 4.78 is 7.17. The number of methoxy groups -OCH3 is 1. The van der Waals surface area contributed by atoms with Crippen molar-refractivity contribution in [1.29, 1.82) is 5.26 Å². The molecule has 3 rings (SSSR count). The molecule has 0 saturated carbocycles. The molecule has 7 nitrogen and oxygen atoms in total. The van der Waals surface area contributed by atoms with Crippen LogP contribution in [0.25, 0.3) is 5.69 Å². The fourth-order valence-corrected chi connectivity index (χ4v) is 3.99. The molecular formula is C24H27N5O2S. The van der Waals surface area contributed by atoms with E-state index in [0.29, 0.717) is 11.0 Å². The molecule has 32 heavy (non-hydrogen) atoms. The van der Waals surface area contributed by atoms with Crippen molar-refractivity contribution in [3.05, 3.63) is 65.5 Å². The summed E-state index contributed by atoms with van der Waals surface area (Å²) in [6, 6.07) is 16.8. The summed E-state index contributed by atoms with van der Waals surface area (Å²) >= 11 is 1.26. The minimum Gasteiger partial charge on any atom is -0.497 e. The summed E-state index contributed by atoms with van der Waals surface area (Å²) in [5.41, 5.74) is 2.81. The third-order valence-electron chi connectivity index (χ3n) is 4.98. The smallest absolute Gasteiger partial charge is 0.231 e. The topological polar surface area (TPSA) is 92.8 Å². The van der Waals surface area contributed by atoms with Crippen LogP contribution in [0.1, 0.15) is 43.8 Å². The molecule has 166 valence electrons. The van der Waals surface area contributed by atoms with E-state index < -0.39 is 6.04 Å². The molecule has 0 saturated heterocycles. The first-order valence-corrected chi connectivity index (χ1v) is 11.2. The number of rotatable bonds is 7. The van der Waals surface area contributed by atoms with Gasteiger partial charge >= 0.3 is 0 Å². The van der Waals surface area contributed by atoms with Crippen molar-refractivity contribution in [1.82, 2.24) is 20.1 Å². The second kappa shape index (κ2) is 9.88. The van der Waals surface area contributed by atoms with Gasteiger partial charge in [-0.2, -0.15) is 5.26 Å². The van der Waals surface area contributed by atoms with Gasteiger partial charge in [0.1, 0.15) is 17.6 Å². The highest BCUT2D eigenvalue weighted by atomic mass is 32.2. The molecule has 1 amide bonds. The molecule has 0 aliphatic carbocycles. The molecule has 8 heteroatoms. The van der Waals surface area contributed by atoms with Crippen molar-refractivity contribution in [3.63, 3.8) is 0 Å². The lowest BCUT2D eigenvalue weighted by Crippen LogP contribution is -2.29. The van der Waals surface area contributed by atoms with Gasteiger partial charge in [-0.1, -0.05) is 62.9 Å². The summed E-state index contributed by atoms with van der Waals surface area (Å²) in [6.07, 6.45) is 0. The Bertz CT molecular complexity index is 1130. The Morgan fingerprint density at radius 1 is 1.22 bits per heavy atom. The molecule has 1 N–H and O–H groups in total. The van der Waals surface area contributed by atoms with E-state index in [1.165, 1.54) is 17.3 Å². The number of nitrogens with one attached hydrogen (secondary N) is 1. The van der Waals surface area contributed by atoms with E-state index >= 15 is 0 Å².